The average Bonchev–Trinajstić information content (AvgIpc) is 2.72. The van der Waals surface area contributed by atoms with Crippen LogP contribution in [0.4, 0.5) is 0 Å². The zero-order valence-corrected chi connectivity index (χ0v) is 13.1. The molecule has 1 heterocycles. The van der Waals surface area contributed by atoms with Crippen molar-refractivity contribution in [2.45, 2.75) is 51.1 Å². The Bertz CT molecular complexity index is 383. The summed E-state index contributed by atoms with van der Waals surface area (Å²) in [6.07, 6.45) is 6.16. The van der Waals surface area contributed by atoms with Gasteiger partial charge in [0.1, 0.15) is 0 Å². The lowest BCUT2D eigenvalue weighted by molar-refractivity contribution is 0.234. The summed E-state index contributed by atoms with van der Waals surface area (Å²) in [7, 11) is -0.704. The Balaban J connectivity index is 1.68. The van der Waals surface area contributed by atoms with Gasteiger partial charge in [-0.3, -0.25) is 0 Å². The van der Waals surface area contributed by atoms with Gasteiger partial charge in [-0.15, -0.1) is 0 Å². The summed E-state index contributed by atoms with van der Waals surface area (Å²) in [5.74, 6) is 1.50. The first kappa shape index (κ1) is 15.3. The molecule has 1 N–H and O–H groups in total. The standard InChI is InChI=1S/C14H28N2O2S/c1-12-5-3-4-6-14(12)15-8-9-16(2)13-7-10-19(17,18)11-13/h12-15H,3-11H2,1-2H3. The molecule has 2 rings (SSSR count). The van der Waals surface area contributed by atoms with Gasteiger partial charge in [0, 0.05) is 25.2 Å². The highest BCUT2D eigenvalue weighted by molar-refractivity contribution is 7.91. The minimum atomic E-state index is -2.76. The third-order valence-electron chi connectivity index (χ3n) is 4.81. The lowest BCUT2D eigenvalue weighted by atomic mass is 9.86. The van der Waals surface area contributed by atoms with Crippen LogP contribution >= 0.6 is 0 Å². The van der Waals surface area contributed by atoms with Crippen molar-refractivity contribution in [3.05, 3.63) is 0 Å². The van der Waals surface area contributed by atoms with Crippen LogP contribution in [0.3, 0.4) is 0 Å². The molecule has 2 aliphatic rings. The molecule has 0 aromatic heterocycles. The average molecular weight is 288 g/mol. The first-order chi connectivity index (χ1) is 8.98. The van der Waals surface area contributed by atoms with Gasteiger partial charge >= 0.3 is 0 Å². The highest BCUT2D eigenvalue weighted by Crippen LogP contribution is 2.23. The van der Waals surface area contributed by atoms with Crippen molar-refractivity contribution in [3.63, 3.8) is 0 Å². The lowest BCUT2D eigenvalue weighted by Gasteiger charge is -2.31. The van der Waals surface area contributed by atoms with Crippen LogP contribution in [0.5, 0.6) is 0 Å². The van der Waals surface area contributed by atoms with Crippen molar-refractivity contribution < 1.29 is 8.42 Å². The molecule has 0 amide bonds. The fraction of sp³-hybridized carbons (Fsp3) is 1.00. The molecule has 2 fully saturated rings. The molecule has 0 aromatic rings. The van der Waals surface area contributed by atoms with E-state index in [-0.39, 0.29) is 6.04 Å². The molecule has 19 heavy (non-hydrogen) atoms. The Morgan fingerprint density at radius 2 is 1.95 bits per heavy atom. The molecule has 0 spiro atoms. The van der Waals surface area contributed by atoms with Crippen LogP contribution in [-0.4, -0.2) is 57.0 Å². The van der Waals surface area contributed by atoms with Crippen molar-refractivity contribution in [1.29, 1.82) is 0 Å². The molecule has 5 heteroatoms. The summed E-state index contributed by atoms with van der Waals surface area (Å²) in [6, 6.07) is 0.894. The lowest BCUT2D eigenvalue weighted by Crippen LogP contribution is -2.43. The molecular formula is C14H28N2O2S. The van der Waals surface area contributed by atoms with Gasteiger partial charge in [0.05, 0.1) is 11.5 Å². The summed E-state index contributed by atoms with van der Waals surface area (Å²) in [6.45, 7) is 4.26. The van der Waals surface area contributed by atoms with Crippen molar-refractivity contribution in [2.75, 3.05) is 31.6 Å². The molecule has 0 radical (unpaired) electrons. The molecule has 112 valence electrons. The topological polar surface area (TPSA) is 49.4 Å². The fourth-order valence-corrected chi connectivity index (χ4v) is 5.16. The van der Waals surface area contributed by atoms with Gasteiger partial charge in [0.25, 0.3) is 0 Å². The van der Waals surface area contributed by atoms with E-state index in [1.165, 1.54) is 25.7 Å². The first-order valence-electron chi connectivity index (χ1n) is 7.62. The SMILES string of the molecule is CC1CCCCC1NCCN(C)C1CCS(=O)(=O)C1. The second-order valence-corrected chi connectivity index (χ2v) is 8.59. The maximum Gasteiger partial charge on any atom is 0.151 e. The first-order valence-corrected chi connectivity index (χ1v) is 9.44. The van der Waals surface area contributed by atoms with E-state index in [2.05, 4.69) is 24.2 Å². The normalized spacial score (nSPS) is 34.8. The predicted octanol–water partition coefficient (Wildman–Crippen LogP) is 1.27. The van der Waals surface area contributed by atoms with Crippen LogP contribution < -0.4 is 5.32 Å². The Morgan fingerprint density at radius 3 is 2.58 bits per heavy atom. The van der Waals surface area contributed by atoms with Gasteiger partial charge in [-0.25, -0.2) is 8.42 Å². The van der Waals surface area contributed by atoms with E-state index in [0.29, 0.717) is 17.5 Å². The van der Waals surface area contributed by atoms with Crippen molar-refractivity contribution in [1.82, 2.24) is 10.2 Å². The third kappa shape index (κ3) is 4.43. The van der Waals surface area contributed by atoms with Gasteiger partial charge in [-0.05, 0) is 32.2 Å². The molecule has 1 saturated heterocycles. The fourth-order valence-electron chi connectivity index (χ4n) is 3.35. The van der Waals surface area contributed by atoms with E-state index in [4.69, 9.17) is 0 Å². The Hall–Kier alpha value is -0.130. The van der Waals surface area contributed by atoms with E-state index >= 15 is 0 Å². The third-order valence-corrected chi connectivity index (χ3v) is 6.56. The molecule has 0 aromatic carbocycles. The van der Waals surface area contributed by atoms with Gasteiger partial charge in [-0.1, -0.05) is 19.8 Å². The molecule has 0 bridgehead atoms. The predicted molar refractivity (Wildman–Crippen MR) is 79.1 cm³/mol. The number of likely N-dealkylation sites (N-methyl/N-ethyl adjacent to an activating group) is 1. The van der Waals surface area contributed by atoms with Gasteiger partial charge < -0.3 is 10.2 Å². The highest BCUT2D eigenvalue weighted by atomic mass is 32.2. The molecule has 3 unspecified atom stereocenters. The number of rotatable bonds is 5. The monoisotopic (exact) mass is 288 g/mol. The molecule has 1 aliphatic heterocycles. The summed E-state index contributed by atoms with van der Waals surface area (Å²) in [4.78, 5) is 2.21. The van der Waals surface area contributed by atoms with Crippen LogP contribution in [0.1, 0.15) is 39.0 Å². The van der Waals surface area contributed by atoms with Crippen LogP contribution in [0.25, 0.3) is 0 Å². The molecular weight excluding hydrogens is 260 g/mol. The summed E-state index contributed by atoms with van der Waals surface area (Å²) < 4.78 is 22.9. The second-order valence-electron chi connectivity index (χ2n) is 6.36. The number of nitrogens with zero attached hydrogens (tertiary/aromatic N) is 1. The van der Waals surface area contributed by atoms with E-state index in [1.807, 2.05) is 0 Å². The number of hydrogen-bond donors (Lipinski definition) is 1. The van der Waals surface area contributed by atoms with Crippen molar-refractivity contribution >= 4 is 9.84 Å². The van der Waals surface area contributed by atoms with E-state index in [0.717, 1.165) is 25.4 Å². The Labute approximate surface area is 117 Å². The van der Waals surface area contributed by atoms with Crippen LogP contribution in [0, 0.1) is 5.92 Å². The molecule has 3 atom stereocenters. The van der Waals surface area contributed by atoms with Gasteiger partial charge in [0.15, 0.2) is 9.84 Å². The van der Waals surface area contributed by atoms with Crippen LogP contribution in [0.15, 0.2) is 0 Å². The zero-order valence-electron chi connectivity index (χ0n) is 12.3. The van der Waals surface area contributed by atoms with E-state index < -0.39 is 9.84 Å². The molecule has 4 nitrogen and oxygen atoms in total. The molecule has 1 saturated carbocycles. The number of sulfone groups is 1. The Kier molecular flexibility index (Phi) is 5.26. The zero-order chi connectivity index (χ0) is 13.9. The van der Waals surface area contributed by atoms with E-state index in [1.54, 1.807) is 0 Å². The smallest absolute Gasteiger partial charge is 0.151 e. The summed E-state index contributed by atoms with van der Waals surface area (Å²) in [5, 5.41) is 3.66. The highest BCUT2D eigenvalue weighted by Gasteiger charge is 2.30. The van der Waals surface area contributed by atoms with Gasteiger partial charge in [0.2, 0.25) is 0 Å². The summed E-state index contributed by atoms with van der Waals surface area (Å²) in [5.41, 5.74) is 0. The minimum absolute atomic E-state index is 0.232. The van der Waals surface area contributed by atoms with Crippen molar-refractivity contribution in [2.24, 2.45) is 5.92 Å². The Morgan fingerprint density at radius 1 is 1.21 bits per heavy atom. The quantitative estimate of drug-likeness (QED) is 0.828. The van der Waals surface area contributed by atoms with Crippen molar-refractivity contribution in [3.8, 4) is 0 Å². The van der Waals surface area contributed by atoms with Gasteiger partial charge in [-0.2, -0.15) is 0 Å². The maximum atomic E-state index is 11.5. The molecule has 1 aliphatic carbocycles. The second kappa shape index (κ2) is 6.55. The van der Waals surface area contributed by atoms with E-state index in [9.17, 15) is 8.42 Å². The maximum absolute atomic E-state index is 11.5. The minimum Gasteiger partial charge on any atom is -0.312 e. The van der Waals surface area contributed by atoms with Crippen LogP contribution in [0.2, 0.25) is 0 Å². The van der Waals surface area contributed by atoms with Crippen LogP contribution in [-0.2, 0) is 9.84 Å². The summed E-state index contributed by atoms with van der Waals surface area (Å²) >= 11 is 0. The largest absolute Gasteiger partial charge is 0.312 e. The number of hydrogen-bond acceptors (Lipinski definition) is 4. The number of nitrogens with one attached hydrogen (secondary N) is 1.